The van der Waals surface area contributed by atoms with Gasteiger partial charge in [0, 0.05) is 10.2 Å². The second-order valence-corrected chi connectivity index (χ2v) is 6.27. The van der Waals surface area contributed by atoms with Gasteiger partial charge < -0.3 is 0 Å². The molecule has 0 aromatic heterocycles. The van der Waals surface area contributed by atoms with Gasteiger partial charge in [-0.25, -0.2) is 0 Å². The highest BCUT2D eigenvalue weighted by molar-refractivity contribution is 6.08. The highest BCUT2D eigenvalue weighted by atomic mass is 28.1. The lowest BCUT2D eigenvalue weighted by molar-refractivity contribution is -0.115. The first-order valence-electron chi connectivity index (χ1n) is 6.41. The van der Waals surface area contributed by atoms with E-state index in [2.05, 4.69) is 57.0 Å². The van der Waals surface area contributed by atoms with Crippen molar-refractivity contribution < 1.29 is 0 Å². The minimum atomic E-state index is 0.0607. The van der Waals surface area contributed by atoms with E-state index in [1.165, 1.54) is 42.0 Å². The zero-order valence-corrected chi connectivity index (χ0v) is 14.4. The SMILES string of the molecule is CN(C)C(CCCCC[SiH3])(N(C)C)N(C)C. The van der Waals surface area contributed by atoms with E-state index in [9.17, 15) is 0 Å². The molecule has 0 aliphatic rings. The monoisotopic (exact) mass is 245 g/mol. The molecule has 0 unspecified atom stereocenters. The van der Waals surface area contributed by atoms with Crippen molar-refractivity contribution in [2.24, 2.45) is 0 Å². The predicted octanol–water partition coefficient (Wildman–Crippen LogP) is 0.669. The summed E-state index contributed by atoms with van der Waals surface area (Å²) in [5.41, 5.74) is 0. The van der Waals surface area contributed by atoms with Gasteiger partial charge in [-0.3, -0.25) is 14.7 Å². The summed E-state index contributed by atoms with van der Waals surface area (Å²) >= 11 is 0. The second-order valence-electron chi connectivity index (χ2n) is 5.27. The maximum absolute atomic E-state index is 2.33. The predicted molar refractivity (Wildman–Crippen MR) is 77.0 cm³/mol. The summed E-state index contributed by atoms with van der Waals surface area (Å²) in [5, 5.41) is 0. The average molecular weight is 245 g/mol. The minimum Gasteiger partial charge on any atom is -0.279 e. The quantitative estimate of drug-likeness (QED) is 0.354. The Kier molecular flexibility index (Phi) is 7.47. The molecule has 0 fully saturated rings. The van der Waals surface area contributed by atoms with Crippen LogP contribution in [0.25, 0.3) is 0 Å². The van der Waals surface area contributed by atoms with Crippen LogP contribution in [0.3, 0.4) is 0 Å². The van der Waals surface area contributed by atoms with Crippen LogP contribution < -0.4 is 0 Å². The summed E-state index contributed by atoms with van der Waals surface area (Å²) in [5.74, 6) is 0.0607. The van der Waals surface area contributed by atoms with Crippen LogP contribution in [0.5, 0.6) is 0 Å². The maximum atomic E-state index is 2.33. The Morgan fingerprint density at radius 1 is 0.750 bits per heavy atom. The van der Waals surface area contributed by atoms with E-state index in [0.29, 0.717) is 0 Å². The van der Waals surface area contributed by atoms with Crippen molar-refractivity contribution in [2.45, 2.75) is 37.5 Å². The standard InChI is InChI=1S/C12H31N3Si/c1-13(2)12(14(3)4,15(5)6)10-8-7-9-11-16/h7-11H2,1-6,16H3. The van der Waals surface area contributed by atoms with Crippen LogP contribution >= 0.6 is 0 Å². The van der Waals surface area contributed by atoms with E-state index in [1.54, 1.807) is 0 Å². The lowest BCUT2D eigenvalue weighted by Crippen LogP contribution is -2.63. The minimum absolute atomic E-state index is 0.0607. The molecule has 0 atom stereocenters. The molecule has 0 saturated heterocycles. The van der Waals surface area contributed by atoms with Crippen LogP contribution in [0.2, 0.25) is 6.04 Å². The van der Waals surface area contributed by atoms with Crippen molar-refractivity contribution in [1.29, 1.82) is 0 Å². The zero-order chi connectivity index (χ0) is 12.8. The van der Waals surface area contributed by atoms with Gasteiger partial charge in [0.15, 0.2) is 0 Å². The summed E-state index contributed by atoms with van der Waals surface area (Å²) < 4.78 is 0. The van der Waals surface area contributed by atoms with E-state index in [-0.39, 0.29) is 5.79 Å². The third-order valence-electron chi connectivity index (χ3n) is 3.51. The van der Waals surface area contributed by atoms with E-state index in [4.69, 9.17) is 0 Å². The fourth-order valence-electron chi connectivity index (χ4n) is 2.66. The molecule has 3 nitrogen and oxygen atoms in total. The van der Waals surface area contributed by atoms with Gasteiger partial charge in [0.25, 0.3) is 0 Å². The number of unbranched alkanes of at least 4 members (excludes halogenated alkanes) is 2. The second kappa shape index (κ2) is 7.43. The van der Waals surface area contributed by atoms with Gasteiger partial charge in [-0.1, -0.05) is 18.9 Å². The molecule has 0 radical (unpaired) electrons. The zero-order valence-electron chi connectivity index (χ0n) is 12.4. The highest BCUT2D eigenvalue weighted by Gasteiger charge is 2.36. The first-order valence-corrected chi connectivity index (χ1v) is 7.83. The molecule has 0 bridgehead atoms. The van der Waals surface area contributed by atoms with Crippen molar-refractivity contribution >= 4 is 10.2 Å². The maximum Gasteiger partial charge on any atom is 0.129 e. The molecule has 0 aliphatic heterocycles. The van der Waals surface area contributed by atoms with Gasteiger partial charge in [0.1, 0.15) is 5.79 Å². The number of hydrogen-bond donors (Lipinski definition) is 0. The molecular weight excluding hydrogens is 214 g/mol. The number of nitrogens with zero attached hydrogens (tertiary/aromatic N) is 3. The van der Waals surface area contributed by atoms with Crippen molar-refractivity contribution in [1.82, 2.24) is 14.7 Å². The van der Waals surface area contributed by atoms with E-state index >= 15 is 0 Å². The smallest absolute Gasteiger partial charge is 0.129 e. The lowest BCUT2D eigenvalue weighted by Gasteiger charge is -2.50. The fourth-order valence-corrected chi connectivity index (χ4v) is 3.16. The van der Waals surface area contributed by atoms with Crippen molar-refractivity contribution in [3.8, 4) is 0 Å². The van der Waals surface area contributed by atoms with Crippen molar-refractivity contribution in [3.05, 3.63) is 0 Å². The first kappa shape index (κ1) is 16.1. The van der Waals surface area contributed by atoms with Crippen molar-refractivity contribution in [3.63, 3.8) is 0 Å². The number of rotatable bonds is 8. The fraction of sp³-hybridized carbons (Fsp3) is 1.00. The molecule has 0 aliphatic carbocycles. The third-order valence-corrected chi connectivity index (χ3v) is 4.22. The van der Waals surface area contributed by atoms with E-state index in [0.717, 1.165) is 0 Å². The van der Waals surface area contributed by atoms with Gasteiger partial charge >= 0.3 is 0 Å². The molecule has 0 N–H and O–H groups in total. The van der Waals surface area contributed by atoms with Crippen LogP contribution in [-0.4, -0.2) is 73.0 Å². The molecular formula is C12H31N3Si. The van der Waals surface area contributed by atoms with Gasteiger partial charge in [0.05, 0.1) is 0 Å². The molecule has 98 valence electrons. The third kappa shape index (κ3) is 3.84. The van der Waals surface area contributed by atoms with Gasteiger partial charge in [-0.2, -0.15) is 0 Å². The summed E-state index contributed by atoms with van der Waals surface area (Å²) in [6.45, 7) is 0. The highest BCUT2D eigenvalue weighted by Crippen LogP contribution is 2.25. The van der Waals surface area contributed by atoms with Gasteiger partial charge in [-0.15, -0.1) is 0 Å². The summed E-state index contributed by atoms with van der Waals surface area (Å²) in [6, 6.07) is 1.44. The molecule has 0 amide bonds. The van der Waals surface area contributed by atoms with Crippen LogP contribution in [0, 0.1) is 0 Å². The molecule has 0 spiro atoms. The largest absolute Gasteiger partial charge is 0.279 e. The Balaban J connectivity index is 4.52. The summed E-state index contributed by atoms with van der Waals surface area (Å²) in [7, 11) is 14.4. The Morgan fingerprint density at radius 2 is 1.19 bits per heavy atom. The topological polar surface area (TPSA) is 9.72 Å². The normalized spacial score (nSPS) is 13.3. The molecule has 0 aromatic carbocycles. The Morgan fingerprint density at radius 3 is 1.50 bits per heavy atom. The molecule has 0 rings (SSSR count). The lowest BCUT2D eigenvalue weighted by atomic mass is 10.1. The first-order chi connectivity index (χ1) is 7.39. The van der Waals surface area contributed by atoms with Crippen molar-refractivity contribution in [2.75, 3.05) is 42.3 Å². The molecule has 4 heteroatoms. The molecule has 0 heterocycles. The van der Waals surface area contributed by atoms with E-state index < -0.39 is 0 Å². The Hall–Kier alpha value is 0.0969. The Labute approximate surface area is 105 Å². The van der Waals surface area contributed by atoms with Crippen LogP contribution in [0.4, 0.5) is 0 Å². The Bertz CT molecular complexity index is 159. The number of hydrogen-bond acceptors (Lipinski definition) is 3. The summed E-state index contributed by atoms with van der Waals surface area (Å²) in [6.07, 6.45) is 5.32. The van der Waals surface area contributed by atoms with Crippen LogP contribution in [0.15, 0.2) is 0 Å². The van der Waals surface area contributed by atoms with Gasteiger partial charge in [0.2, 0.25) is 0 Å². The average Bonchev–Trinajstić information content (AvgIpc) is 2.16. The summed E-state index contributed by atoms with van der Waals surface area (Å²) in [4.78, 5) is 6.98. The van der Waals surface area contributed by atoms with Gasteiger partial charge in [-0.05, 0) is 55.1 Å². The van der Waals surface area contributed by atoms with E-state index in [1.807, 2.05) is 0 Å². The molecule has 0 saturated carbocycles. The molecule has 16 heavy (non-hydrogen) atoms. The van der Waals surface area contributed by atoms with Crippen LogP contribution in [0.1, 0.15) is 25.7 Å². The van der Waals surface area contributed by atoms with Crippen LogP contribution in [-0.2, 0) is 0 Å². The molecule has 0 aromatic rings.